The minimum Gasteiger partial charge on any atom is -0.476 e. The van der Waals surface area contributed by atoms with Gasteiger partial charge in [-0.1, -0.05) is 12.1 Å². The minimum absolute atomic E-state index is 0.0951. The van der Waals surface area contributed by atoms with Crippen LogP contribution in [0.4, 0.5) is 0 Å². The van der Waals surface area contributed by atoms with Gasteiger partial charge in [-0.25, -0.2) is 13.2 Å². The third-order valence-electron chi connectivity index (χ3n) is 3.85. The monoisotopic (exact) mass is 338 g/mol. The molecule has 1 aliphatic carbocycles. The molecular weight excluding hydrogens is 320 g/mol. The van der Waals surface area contributed by atoms with Crippen molar-refractivity contribution in [3.63, 3.8) is 0 Å². The number of hydrogen-bond donors (Lipinski definition) is 1. The van der Waals surface area contributed by atoms with Gasteiger partial charge in [-0.15, -0.1) is 0 Å². The van der Waals surface area contributed by atoms with E-state index < -0.39 is 15.8 Å². The van der Waals surface area contributed by atoms with E-state index in [4.69, 9.17) is 4.74 Å². The van der Waals surface area contributed by atoms with Crippen molar-refractivity contribution in [3.05, 3.63) is 29.8 Å². The van der Waals surface area contributed by atoms with Gasteiger partial charge in [-0.2, -0.15) is 5.10 Å². The Morgan fingerprint density at radius 2 is 1.78 bits per heavy atom. The molecule has 7 nitrogen and oxygen atoms in total. The Hall–Kier alpha value is -1.93. The summed E-state index contributed by atoms with van der Waals surface area (Å²) in [4.78, 5) is 11.7. The van der Waals surface area contributed by atoms with E-state index in [0.29, 0.717) is 44.7 Å². The minimum atomic E-state index is -3.27. The molecule has 1 heterocycles. The maximum absolute atomic E-state index is 12.2. The predicted octanol–water partition coefficient (Wildman–Crippen LogP) is 0.744. The van der Waals surface area contributed by atoms with Gasteiger partial charge < -0.3 is 9.84 Å². The van der Waals surface area contributed by atoms with Gasteiger partial charge in [0.15, 0.2) is 15.5 Å². The standard InChI is InChI=1S/C15H18N2O5S/c18-15(19)14(16-17-7-9-22-10-8-17)11-1-3-12(4-2-11)23(20,21)13-5-6-13/h1-4,13H,5-10H2,(H,18,19). The summed E-state index contributed by atoms with van der Waals surface area (Å²) < 4.78 is 29.5. The lowest BCUT2D eigenvalue weighted by Crippen LogP contribution is -2.34. The predicted molar refractivity (Wildman–Crippen MR) is 83.2 cm³/mol. The van der Waals surface area contributed by atoms with Crippen molar-refractivity contribution in [2.24, 2.45) is 5.10 Å². The van der Waals surface area contributed by atoms with E-state index in [2.05, 4.69) is 5.10 Å². The smallest absolute Gasteiger partial charge is 0.356 e. The fourth-order valence-electron chi connectivity index (χ4n) is 2.39. The summed E-state index contributed by atoms with van der Waals surface area (Å²) in [5, 5.41) is 14.9. The molecule has 2 fully saturated rings. The van der Waals surface area contributed by atoms with Gasteiger partial charge in [0.25, 0.3) is 0 Å². The molecule has 0 amide bonds. The number of sulfone groups is 1. The second-order valence-electron chi connectivity index (χ2n) is 5.59. The molecule has 0 bridgehead atoms. The van der Waals surface area contributed by atoms with Crippen LogP contribution in [0.5, 0.6) is 0 Å². The van der Waals surface area contributed by atoms with E-state index in [9.17, 15) is 18.3 Å². The van der Waals surface area contributed by atoms with Gasteiger partial charge >= 0.3 is 5.97 Å². The van der Waals surface area contributed by atoms with Gasteiger partial charge in [0.2, 0.25) is 0 Å². The number of rotatable bonds is 5. The number of aliphatic carboxylic acids is 1. The molecule has 124 valence electrons. The first-order chi connectivity index (χ1) is 11.0. The lowest BCUT2D eigenvalue weighted by Gasteiger charge is -2.24. The van der Waals surface area contributed by atoms with E-state index in [-0.39, 0.29) is 15.9 Å². The Kier molecular flexibility index (Phi) is 4.36. The van der Waals surface area contributed by atoms with Gasteiger partial charge in [0.1, 0.15) is 0 Å². The average molecular weight is 338 g/mol. The number of benzene rings is 1. The van der Waals surface area contributed by atoms with Crippen LogP contribution in [0.25, 0.3) is 0 Å². The molecule has 1 N–H and O–H groups in total. The van der Waals surface area contributed by atoms with Crippen LogP contribution in [-0.4, -0.2) is 61.8 Å². The second-order valence-corrected chi connectivity index (χ2v) is 7.82. The van der Waals surface area contributed by atoms with Crippen LogP contribution in [0.3, 0.4) is 0 Å². The van der Waals surface area contributed by atoms with Crippen molar-refractivity contribution in [1.82, 2.24) is 5.01 Å². The zero-order chi connectivity index (χ0) is 16.4. The first-order valence-electron chi connectivity index (χ1n) is 7.47. The Morgan fingerprint density at radius 3 is 2.30 bits per heavy atom. The molecule has 0 radical (unpaired) electrons. The van der Waals surface area contributed by atoms with Crippen LogP contribution in [0.15, 0.2) is 34.3 Å². The Labute approximate surface area is 134 Å². The Balaban J connectivity index is 1.85. The van der Waals surface area contributed by atoms with Crippen molar-refractivity contribution < 1.29 is 23.1 Å². The van der Waals surface area contributed by atoms with Gasteiger partial charge in [0.05, 0.1) is 36.4 Å². The molecule has 1 saturated carbocycles. The van der Waals surface area contributed by atoms with Crippen molar-refractivity contribution in [2.45, 2.75) is 23.0 Å². The molecule has 23 heavy (non-hydrogen) atoms. The number of ether oxygens (including phenoxy) is 1. The highest BCUT2D eigenvalue weighted by Gasteiger charge is 2.36. The van der Waals surface area contributed by atoms with E-state index in [0.717, 1.165) is 0 Å². The molecule has 2 aliphatic rings. The maximum atomic E-state index is 12.2. The lowest BCUT2D eigenvalue weighted by atomic mass is 10.1. The van der Waals surface area contributed by atoms with E-state index in [1.54, 1.807) is 5.01 Å². The number of carbonyl (C=O) groups is 1. The molecule has 1 aliphatic heterocycles. The first-order valence-corrected chi connectivity index (χ1v) is 9.02. The van der Waals surface area contributed by atoms with Crippen LogP contribution >= 0.6 is 0 Å². The van der Waals surface area contributed by atoms with Crippen molar-refractivity contribution in [1.29, 1.82) is 0 Å². The Morgan fingerprint density at radius 1 is 1.17 bits per heavy atom. The fourth-order valence-corrected chi connectivity index (χ4v) is 4.05. The summed E-state index contributed by atoms with van der Waals surface area (Å²) in [6, 6.07) is 5.92. The first kappa shape index (κ1) is 15.9. The fraction of sp³-hybridized carbons (Fsp3) is 0.467. The SMILES string of the molecule is O=C(O)C(=NN1CCOCC1)c1ccc(S(=O)(=O)C2CC2)cc1. The number of carboxylic acids is 1. The van der Waals surface area contributed by atoms with Crippen molar-refractivity contribution >= 4 is 21.5 Å². The molecule has 0 atom stereocenters. The molecule has 0 spiro atoms. The van der Waals surface area contributed by atoms with Crippen LogP contribution < -0.4 is 0 Å². The number of hydrogen-bond acceptors (Lipinski definition) is 6. The molecule has 1 aromatic rings. The normalized spacial score (nSPS) is 19.7. The summed E-state index contributed by atoms with van der Waals surface area (Å²) >= 11 is 0. The summed E-state index contributed by atoms with van der Waals surface area (Å²) in [7, 11) is -3.27. The summed E-state index contributed by atoms with van der Waals surface area (Å²) in [5.41, 5.74) is 0.293. The molecule has 0 unspecified atom stereocenters. The highest BCUT2D eigenvalue weighted by Crippen LogP contribution is 2.33. The summed E-state index contributed by atoms with van der Waals surface area (Å²) in [6.45, 7) is 2.08. The molecule has 8 heteroatoms. The average Bonchev–Trinajstić information content (AvgIpc) is 3.39. The zero-order valence-electron chi connectivity index (χ0n) is 12.5. The molecule has 1 saturated heterocycles. The second kappa shape index (κ2) is 6.29. The van der Waals surface area contributed by atoms with Crippen LogP contribution in [0.1, 0.15) is 18.4 Å². The van der Waals surface area contributed by atoms with Gasteiger partial charge in [-0.05, 0) is 25.0 Å². The van der Waals surface area contributed by atoms with Crippen molar-refractivity contribution in [3.8, 4) is 0 Å². The van der Waals surface area contributed by atoms with Crippen LogP contribution in [0.2, 0.25) is 0 Å². The summed E-state index contributed by atoms with van der Waals surface area (Å²) in [5.74, 6) is -1.14. The topological polar surface area (TPSA) is 96.3 Å². The largest absolute Gasteiger partial charge is 0.476 e. The zero-order valence-corrected chi connectivity index (χ0v) is 13.3. The third-order valence-corrected chi connectivity index (χ3v) is 6.13. The molecule has 3 rings (SSSR count). The number of carboxylic acid groups (broad SMARTS) is 1. The number of morpholine rings is 1. The van der Waals surface area contributed by atoms with Crippen molar-refractivity contribution in [2.75, 3.05) is 26.3 Å². The van der Waals surface area contributed by atoms with Gasteiger partial charge in [0, 0.05) is 5.56 Å². The summed E-state index contributed by atoms with van der Waals surface area (Å²) in [6.07, 6.45) is 1.39. The Bertz CT molecular complexity index is 717. The number of hydrazone groups is 1. The van der Waals surface area contributed by atoms with Crippen LogP contribution in [-0.2, 0) is 19.4 Å². The molecule has 0 aromatic heterocycles. The van der Waals surface area contributed by atoms with Crippen LogP contribution in [0, 0.1) is 0 Å². The van der Waals surface area contributed by atoms with Gasteiger partial charge in [-0.3, -0.25) is 5.01 Å². The third kappa shape index (κ3) is 3.53. The molecule has 1 aromatic carbocycles. The maximum Gasteiger partial charge on any atom is 0.356 e. The molecular formula is C15H18N2O5S. The lowest BCUT2D eigenvalue weighted by molar-refractivity contribution is -0.129. The van der Waals surface area contributed by atoms with E-state index in [1.165, 1.54) is 24.3 Å². The van der Waals surface area contributed by atoms with E-state index >= 15 is 0 Å². The number of nitrogens with zero attached hydrogens (tertiary/aromatic N) is 2. The highest BCUT2D eigenvalue weighted by molar-refractivity contribution is 7.92. The quantitative estimate of drug-likeness (QED) is 0.796. The van der Waals surface area contributed by atoms with E-state index in [1.807, 2.05) is 0 Å². The highest BCUT2D eigenvalue weighted by atomic mass is 32.2.